The zero-order valence-corrected chi connectivity index (χ0v) is 18.8. The molecule has 0 bridgehead atoms. The van der Waals surface area contributed by atoms with Crippen LogP contribution in [0.2, 0.25) is 0 Å². The first-order valence-electron chi connectivity index (χ1n) is 4.77. The molecule has 0 aliphatic carbocycles. The molecule has 0 heterocycles. The Kier molecular flexibility index (Phi) is 21.9. The molecule has 0 aromatic heterocycles. The van der Waals surface area contributed by atoms with E-state index in [-0.39, 0.29) is 88.7 Å². The van der Waals surface area contributed by atoms with Gasteiger partial charge in [0, 0.05) is 25.0 Å². The van der Waals surface area contributed by atoms with Gasteiger partial charge in [0.05, 0.1) is 12.6 Å². The fraction of sp³-hybridized carbons (Fsp3) is 0.750. The summed E-state index contributed by atoms with van der Waals surface area (Å²) in [5.41, 5.74) is 3.57. The van der Waals surface area contributed by atoms with Crippen LogP contribution in [-0.4, -0.2) is 41.5 Å². The van der Waals surface area contributed by atoms with Crippen molar-refractivity contribution in [3.63, 3.8) is 0 Å². The first kappa shape index (κ1) is 30.0. The fourth-order valence-corrected chi connectivity index (χ4v) is 2.82. The van der Waals surface area contributed by atoms with Crippen molar-refractivity contribution >= 4 is 19.3 Å². The van der Waals surface area contributed by atoms with Gasteiger partial charge in [-0.2, -0.15) is 0 Å². The van der Waals surface area contributed by atoms with E-state index in [1.807, 2.05) is 0 Å². The van der Waals surface area contributed by atoms with Gasteiger partial charge in [-0.05, 0) is 19.0 Å². The van der Waals surface area contributed by atoms with Crippen LogP contribution in [0.4, 0.5) is 0 Å². The Bertz CT molecular complexity index is 344. The molecule has 2 unspecified atom stereocenters. The maximum Gasteiger partial charge on any atom is 1.00 e. The first-order valence-corrected chi connectivity index (χ1v) is 6.65. The minimum atomic E-state index is -4.24. The quantitative estimate of drug-likeness (QED) is 0.326. The van der Waals surface area contributed by atoms with E-state index in [1.165, 1.54) is 0 Å². The van der Waals surface area contributed by atoms with Crippen LogP contribution in [0.1, 0.15) is 12.8 Å². The van der Waals surface area contributed by atoms with Gasteiger partial charge in [-0.25, -0.2) is 0 Å². The molecule has 0 aromatic rings. The second-order valence-electron chi connectivity index (χ2n) is 3.58. The number of nitrogens with two attached hydrogens (primary N) is 1. The van der Waals surface area contributed by atoms with E-state index >= 15 is 0 Å². The van der Waals surface area contributed by atoms with Crippen molar-refractivity contribution in [1.29, 1.82) is 0 Å². The second-order valence-corrected chi connectivity index (χ2v) is 6.21. The number of rotatable bonds is 8. The van der Waals surface area contributed by atoms with Crippen LogP contribution in [0.15, 0.2) is 0 Å². The average Bonchev–Trinajstić information content (AvgIpc) is 2.21. The van der Waals surface area contributed by atoms with Gasteiger partial charge < -0.3 is 40.1 Å². The summed E-state index contributed by atoms with van der Waals surface area (Å²) in [6.07, 6.45) is -1.84. The smallest absolute Gasteiger partial charge is 0.799 e. The van der Waals surface area contributed by atoms with Crippen LogP contribution in [-0.2, 0) is 14.2 Å². The molecular weight excluding hydrogens is 322 g/mol. The Hall–Kier alpha value is 2.05. The van der Waals surface area contributed by atoms with E-state index in [1.54, 1.807) is 0 Å². The van der Waals surface area contributed by atoms with Crippen LogP contribution >= 0.6 is 7.37 Å². The van der Waals surface area contributed by atoms with Crippen LogP contribution in [0.25, 0.3) is 0 Å². The molecule has 0 amide bonds. The maximum absolute atomic E-state index is 11.5. The number of carbonyl (C=O) groups is 2. The van der Waals surface area contributed by atoms with Crippen molar-refractivity contribution in [3.8, 4) is 0 Å². The standard InChI is InChI=1S/C8H16NO7P.3Na/c9-6(8(13)14)1-2-17(15,16)5(4-10)3-7(11)12;;;/h5-6,10H,1-4,9H2,(H,11,12)(H,13,14)(H,15,16);;;/q;3*+1/p-3/t5?,6-;;;/m0.../s1. The van der Waals surface area contributed by atoms with Crippen LogP contribution in [0.5, 0.6) is 0 Å². The van der Waals surface area contributed by atoms with Crippen molar-refractivity contribution in [2.24, 2.45) is 5.73 Å². The Balaban J connectivity index is -0.000000427. The summed E-state index contributed by atoms with van der Waals surface area (Å²) in [5, 5.41) is 29.3. The third-order valence-electron chi connectivity index (χ3n) is 2.22. The normalized spacial score (nSPS) is 15.3. The molecule has 0 spiro atoms. The third-order valence-corrected chi connectivity index (χ3v) is 4.56. The monoisotopic (exact) mass is 335 g/mol. The minimum absolute atomic E-state index is 0. The summed E-state index contributed by atoms with van der Waals surface area (Å²) in [5.74, 6) is -3.20. The molecule has 0 aliphatic rings. The first-order chi connectivity index (χ1) is 7.70. The van der Waals surface area contributed by atoms with Crippen molar-refractivity contribution in [2.75, 3.05) is 12.8 Å². The van der Waals surface area contributed by atoms with Gasteiger partial charge >= 0.3 is 88.7 Å². The van der Waals surface area contributed by atoms with Crippen molar-refractivity contribution < 1.29 is 123 Å². The molecule has 0 aliphatic heterocycles. The molecule has 8 nitrogen and oxygen atoms in total. The van der Waals surface area contributed by atoms with Gasteiger partial charge in [0.1, 0.15) is 0 Å². The molecule has 100 valence electrons. The summed E-state index contributed by atoms with van der Waals surface area (Å²) < 4.78 is 11.5. The SMILES string of the molecule is N[C@@H](CCP(=O)([O-])C(CO)CC(=O)[O-])C(=O)[O-].[Na+].[Na+].[Na+]. The van der Waals surface area contributed by atoms with E-state index in [4.69, 9.17) is 10.8 Å². The van der Waals surface area contributed by atoms with E-state index < -0.39 is 56.6 Å². The Morgan fingerprint density at radius 3 is 1.95 bits per heavy atom. The number of hydrogen-bond acceptors (Lipinski definition) is 8. The van der Waals surface area contributed by atoms with Crippen LogP contribution in [0.3, 0.4) is 0 Å². The predicted octanol–water partition coefficient (Wildman–Crippen LogP) is -13.4. The van der Waals surface area contributed by atoms with Gasteiger partial charge in [-0.15, -0.1) is 0 Å². The molecule has 3 N–H and O–H groups in total. The number of hydrogen-bond donors (Lipinski definition) is 2. The summed E-state index contributed by atoms with van der Waals surface area (Å²) in [6.45, 7) is -0.866. The summed E-state index contributed by atoms with van der Waals surface area (Å²) >= 11 is 0. The van der Waals surface area contributed by atoms with Gasteiger partial charge in [0.25, 0.3) is 0 Å². The Labute approximate surface area is 183 Å². The topological polar surface area (TPSA) is 167 Å². The van der Waals surface area contributed by atoms with E-state index in [0.29, 0.717) is 0 Å². The summed E-state index contributed by atoms with van der Waals surface area (Å²) in [6, 6.07) is -1.44. The maximum atomic E-state index is 11.5. The molecule has 0 saturated carbocycles. The number of aliphatic hydroxyl groups is 1. The number of carboxylic acid groups (broad SMARTS) is 2. The number of carbonyl (C=O) groups excluding carboxylic acids is 2. The second kappa shape index (κ2) is 14.6. The molecular formula is C8H13NNa3O7P. The summed E-state index contributed by atoms with van der Waals surface area (Å²) in [4.78, 5) is 32.0. The molecule has 20 heavy (non-hydrogen) atoms. The molecule has 3 atom stereocenters. The zero-order valence-electron chi connectivity index (χ0n) is 11.9. The van der Waals surface area contributed by atoms with Crippen LogP contribution < -0.4 is 110 Å². The van der Waals surface area contributed by atoms with Gasteiger partial charge in [0.2, 0.25) is 0 Å². The van der Waals surface area contributed by atoms with E-state index in [2.05, 4.69) is 0 Å². The van der Waals surface area contributed by atoms with Crippen LogP contribution in [0, 0.1) is 0 Å². The number of aliphatic carboxylic acids is 2. The molecule has 0 aromatic carbocycles. The number of carboxylic acids is 2. The third kappa shape index (κ3) is 12.6. The van der Waals surface area contributed by atoms with Gasteiger partial charge in [0.15, 0.2) is 0 Å². The van der Waals surface area contributed by atoms with Crippen molar-refractivity contribution in [2.45, 2.75) is 24.5 Å². The molecule has 0 fully saturated rings. The Morgan fingerprint density at radius 2 is 1.65 bits per heavy atom. The molecule has 0 saturated heterocycles. The molecule has 12 heteroatoms. The van der Waals surface area contributed by atoms with E-state index in [9.17, 15) is 29.3 Å². The minimum Gasteiger partial charge on any atom is -0.799 e. The number of aliphatic hydroxyl groups excluding tert-OH is 1. The fourth-order valence-electron chi connectivity index (χ4n) is 1.14. The van der Waals surface area contributed by atoms with Crippen molar-refractivity contribution in [1.82, 2.24) is 0 Å². The predicted molar refractivity (Wildman–Crippen MR) is 50.6 cm³/mol. The summed E-state index contributed by atoms with van der Waals surface area (Å²) in [7, 11) is -4.24. The average molecular weight is 335 g/mol. The molecule has 0 rings (SSSR count). The Morgan fingerprint density at radius 1 is 1.20 bits per heavy atom. The van der Waals surface area contributed by atoms with Crippen molar-refractivity contribution in [3.05, 3.63) is 0 Å². The van der Waals surface area contributed by atoms with Gasteiger partial charge in [-0.3, -0.25) is 0 Å². The largest absolute Gasteiger partial charge is 1.00 e. The zero-order chi connectivity index (χ0) is 13.6. The van der Waals surface area contributed by atoms with E-state index in [0.717, 1.165) is 0 Å². The van der Waals surface area contributed by atoms with Gasteiger partial charge in [-0.1, -0.05) is 0 Å². The molecule has 0 radical (unpaired) electrons.